The first-order valence-electron chi connectivity index (χ1n) is 4.62. The van der Waals surface area contributed by atoms with Gasteiger partial charge in [0.25, 0.3) is 0 Å². The van der Waals surface area contributed by atoms with E-state index >= 15 is 0 Å². The van der Waals surface area contributed by atoms with Gasteiger partial charge in [-0.2, -0.15) is 0 Å². The third-order valence-electron chi connectivity index (χ3n) is 2.02. The Morgan fingerprint density at radius 3 is 2.50 bits per heavy atom. The number of carbonyl (C=O) groups is 1. The predicted octanol–water partition coefficient (Wildman–Crippen LogP) is -0.628. The summed E-state index contributed by atoms with van der Waals surface area (Å²) in [6.45, 7) is 2.74. The maximum absolute atomic E-state index is 11.3. The Kier molecular flexibility index (Phi) is 7.37. The van der Waals surface area contributed by atoms with Crippen molar-refractivity contribution in [3.63, 3.8) is 0 Å². The summed E-state index contributed by atoms with van der Waals surface area (Å²) in [4.78, 5) is 11.3. The molecule has 0 aliphatic heterocycles. The average Bonchev–Trinajstić information content (AvgIpc) is 2.22. The van der Waals surface area contributed by atoms with E-state index in [0.29, 0.717) is 13.2 Å². The van der Waals surface area contributed by atoms with Gasteiger partial charge in [0, 0.05) is 20.8 Å². The molecule has 0 aromatic rings. The smallest absolute Gasteiger partial charge is 0.236 e. The fourth-order valence-electron chi connectivity index (χ4n) is 0.895. The summed E-state index contributed by atoms with van der Waals surface area (Å²) in [6.07, 6.45) is -0.0898. The maximum atomic E-state index is 11.3. The zero-order valence-electron chi connectivity index (χ0n) is 9.29. The van der Waals surface area contributed by atoms with E-state index in [1.165, 1.54) is 0 Å². The summed E-state index contributed by atoms with van der Waals surface area (Å²) in [5.41, 5.74) is 0. The molecule has 0 bridgehead atoms. The molecule has 2 N–H and O–H groups in total. The largest absolute Gasteiger partial charge is 0.382 e. The fraction of sp³-hybridized carbons (Fsp3) is 0.889. The summed E-state index contributed by atoms with van der Waals surface area (Å²) in [5, 5.41) is 5.62. The SMILES string of the molecule is CNC(C)C(=O)NCC(COC)OC. The Labute approximate surface area is 85.1 Å². The average molecular weight is 204 g/mol. The van der Waals surface area contributed by atoms with E-state index in [2.05, 4.69) is 10.6 Å². The predicted molar refractivity (Wildman–Crippen MR) is 54.2 cm³/mol. The van der Waals surface area contributed by atoms with Crippen LogP contribution in [-0.4, -0.2) is 52.5 Å². The zero-order chi connectivity index (χ0) is 11.0. The Balaban J connectivity index is 3.73. The van der Waals surface area contributed by atoms with Crippen LogP contribution in [0.1, 0.15) is 6.92 Å². The Morgan fingerprint density at radius 1 is 1.43 bits per heavy atom. The Morgan fingerprint density at radius 2 is 2.07 bits per heavy atom. The van der Waals surface area contributed by atoms with Crippen molar-refractivity contribution in [2.24, 2.45) is 0 Å². The summed E-state index contributed by atoms with van der Waals surface area (Å²) >= 11 is 0. The van der Waals surface area contributed by atoms with Gasteiger partial charge in [-0.15, -0.1) is 0 Å². The molecule has 0 aromatic carbocycles. The van der Waals surface area contributed by atoms with Gasteiger partial charge in [-0.1, -0.05) is 0 Å². The highest BCUT2D eigenvalue weighted by Gasteiger charge is 2.12. The number of likely N-dealkylation sites (N-methyl/N-ethyl adjacent to an activating group) is 1. The van der Waals surface area contributed by atoms with Crippen LogP contribution in [0.25, 0.3) is 0 Å². The minimum Gasteiger partial charge on any atom is -0.382 e. The molecule has 5 heteroatoms. The lowest BCUT2D eigenvalue weighted by Gasteiger charge is -2.16. The monoisotopic (exact) mass is 204 g/mol. The van der Waals surface area contributed by atoms with Crippen molar-refractivity contribution >= 4 is 5.91 Å². The number of amides is 1. The Bertz CT molecular complexity index is 164. The van der Waals surface area contributed by atoms with Crippen LogP contribution in [0, 0.1) is 0 Å². The molecule has 0 aliphatic rings. The summed E-state index contributed by atoms with van der Waals surface area (Å²) in [6, 6.07) is -0.185. The molecular weight excluding hydrogens is 184 g/mol. The molecule has 0 saturated carbocycles. The van der Waals surface area contributed by atoms with E-state index in [0.717, 1.165) is 0 Å². The summed E-state index contributed by atoms with van der Waals surface area (Å²) in [5.74, 6) is -0.0364. The van der Waals surface area contributed by atoms with Crippen molar-refractivity contribution < 1.29 is 14.3 Å². The number of methoxy groups -OCH3 is 2. The highest BCUT2D eigenvalue weighted by atomic mass is 16.5. The van der Waals surface area contributed by atoms with Crippen LogP contribution in [0.3, 0.4) is 0 Å². The lowest BCUT2D eigenvalue weighted by atomic mass is 10.3. The normalized spacial score (nSPS) is 14.9. The molecule has 0 aromatic heterocycles. The summed E-state index contributed by atoms with van der Waals surface area (Å²) in [7, 11) is 4.94. The quantitative estimate of drug-likeness (QED) is 0.580. The van der Waals surface area contributed by atoms with Gasteiger partial charge in [-0.05, 0) is 14.0 Å². The first kappa shape index (κ1) is 13.4. The van der Waals surface area contributed by atoms with Gasteiger partial charge in [0.2, 0.25) is 5.91 Å². The van der Waals surface area contributed by atoms with Crippen LogP contribution in [-0.2, 0) is 14.3 Å². The van der Waals surface area contributed by atoms with Crippen molar-refractivity contribution in [1.82, 2.24) is 10.6 Å². The molecule has 0 rings (SSSR count). The molecule has 84 valence electrons. The number of ether oxygens (including phenoxy) is 2. The second kappa shape index (κ2) is 7.73. The van der Waals surface area contributed by atoms with E-state index in [9.17, 15) is 4.79 Å². The van der Waals surface area contributed by atoms with Gasteiger partial charge in [0.1, 0.15) is 0 Å². The summed E-state index contributed by atoms with van der Waals surface area (Å²) < 4.78 is 10.0. The molecule has 14 heavy (non-hydrogen) atoms. The van der Waals surface area contributed by atoms with E-state index in [4.69, 9.17) is 9.47 Å². The van der Waals surface area contributed by atoms with Crippen molar-refractivity contribution in [2.45, 2.75) is 19.1 Å². The van der Waals surface area contributed by atoms with Crippen LogP contribution < -0.4 is 10.6 Å². The van der Waals surface area contributed by atoms with Crippen LogP contribution in [0.15, 0.2) is 0 Å². The molecular formula is C9H20N2O3. The molecule has 0 fully saturated rings. The van der Waals surface area contributed by atoms with E-state index in [-0.39, 0.29) is 18.1 Å². The van der Waals surface area contributed by atoms with Crippen LogP contribution in [0.5, 0.6) is 0 Å². The third-order valence-corrected chi connectivity index (χ3v) is 2.02. The zero-order valence-corrected chi connectivity index (χ0v) is 9.29. The molecule has 0 aliphatic carbocycles. The van der Waals surface area contributed by atoms with Crippen LogP contribution in [0.4, 0.5) is 0 Å². The van der Waals surface area contributed by atoms with Gasteiger partial charge in [0.05, 0.1) is 18.8 Å². The second-order valence-electron chi connectivity index (χ2n) is 3.07. The Hall–Kier alpha value is -0.650. The fourth-order valence-corrected chi connectivity index (χ4v) is 0.895. The maximum Gasteiger partial charge on any atom is 0.236 e. The first-order valence-corrected chi connectivity index (χ1v) is 4.62. The topological polar surface area (TPSA) is 59.6 Å². The molecule has 0 spiro atoms. The van der Waals surface area contributed by atoms with Gasteiger partial charge in [0.15, 0.2) is 0 Å². The lowest BCUT2D eigenvalue weighted by molar-refractivity contribution is -0.123. The highest BCUT2D eigenvalue weighted by molar-refractivity contribution is 5.81. The standard InChI is InChI=1S/C9H20N2O3/c1-7(10-2)9(12)11-5-8(14-4)6-13-3/h7-8,10H,5-6H2,1-4H3,(H,11,12). The molecule has 2 unspecified atom stereocenters. The van der Waals surface area contributed by atoms with Crippen molar-refractivity contribution in [3.8, 4) is 0 Å². The molecule has 0 saturated heterocycles. The highest BCUT2D eigenvalue weighted by Crippen LogP contribution is 1.89. The van der Waals surface area contributed by atoms with Crippen molar-refractivity contribution in [3.05, 3.63) is 0 Å². The number of nitrogens with one attached hydrogen (secondary N) is 2. The molecule has 1 amide bonds. The molecule has 2 atom stereocenters. The van der Waals surface area contributed by atoms with Gasteiger partial charge in [-0.3, -0.25) is 4.79 Å². The van der Waals surface area contributed by atoms with Crippen LogP contribution >= 0.6 is 0 Å². The molecule has 0 heterocycles. The minimum atomic E-state index is -0.185. The number of carbonyl (C=O) groups excluding carboxylic acids is 1. The molecule has 0 radical (unpaired) electrons. The van der Waals surface area contributed by atoms with Gasteiger partial charge in [-0.25, -0.2) is 0 Å². The van der Waals surface area contributed by atoms with Crippen molar-refractivity contribution in [1.29, 1.82) is 0 Å². The number of rotatable bonds is 7. The molecule has 5 nitrogen and oxygen atoms in total. The minimum absolute atomic E-state index is 0.0364. The second-order valence-corrected chi connectivity index (χ2v) is 3.07. The van der Waals surface area contributed by atoms with E-state index in [1.807, 2.05) is 0 Å². The van der Waals surface area contributed by atoms with Gasteiger partial charge < -0.3 is 20.1 Å². The van der Waals surface area contributed by atoms with Gasteiger partial charge >= 0.3 is 0 Å². The van der Waals surface area contributed by atoms with Crippen molar-refractivity contribution in [2.75, 3.05) is 34.4 Å². The van der Waals surface area contributed by atoms with E-state index in [1.54, 1.807) is 28.2 Å². The van der Waals surface area contributed by atoms with E-state index < -0.39 is 0 Å². The first-order chi connectivity index (χ1) is 6.65. The number of hydrogen-bond acceptors (Lipinski definition) is 4. The lowest BCUT2D eigenvalue weighted by Crippen LogP contribution is -2.44. The van der Waals surface area contributed by atoms with Crippen LogP contribution in [0.2, 0.25) is 0 Å². The number of hydrogen-bond donors (Lipinski definition) is 2. The third kappa shape index (κ3) is 5.16.